The monoisotopic (exact) mass is 510 g/mol. The molecule has 0 aliphatic heterocycles. The molecule has 1 aliphatic rings. The average Bonchev–Trinajstić information content (AvgIpc) is 3.62. The molecular formula is C25H22N2O6S2. The van der Waals surface area contributed by atoms with Gasteiger partial charge in [0.2, 0.25) is 14.9 Å². The van der Waals surface area contributed by atoms with Crippen LogP contribution in [-0.4, -0.2) is 20.2 Å². The molecule has 0 saturated carbocycles. The first-order valence-electron chi connectivity index (χ1n) is 11.0. The summed E-state index contributed by atoms with van der Waals surface area (Å²) >= 11 is 1.36. The van der Waals surface area contributed by atoms with E-state index in [0.29, 0.717) is 16.3 Å². The number of benzene rings is 1. The lowest BCUT2D eigenvalue weighted by Gasteiger charge is -2.08. The Morgan fingerprint density at radius 3 is 2.57 bits per heavy atom. The van der Waals surface area contributed by atoms with E-state index in [-0.39, 0.29) is 28.2 Å². The number of amides is 2. The van der Waals surface area contributed by atoms with Crippen molar-refractivity contribution in [1.29, 1.82) is 0 Å². The molecule has 4 aromatic rings. The summed E-state index contributed by atoms with van der Waals surface area (Å²) in [7, 11) is -3.91. The number of anilines is 1. The van der Waals surface area contributed by atoms with E-state index < -0.39 is 15.7 Å². The Labute approximate surface area is 205 Å². The number of carbonyl (C=O) groups is 2. The summed E-state index contributed by atoms with van der Waals surface area (Å²) in [5.41, 5.74) is 2.29. The zero-order chi connectivity index (χ0) is 24.6. The van der Waals surface area contributed by atoms with Crippen LogP contribution < -0.4 is 10.6 Å². The fraction of sp³-hybridized carbons (Fsp3) is 0.200. The van der Waals surface area contributed by atoms with Gasteiger partial charge in [-0.05, 0) is 68.1 Å². The summed E-state index contributed by atoms with van der Waals surface area (Å²) in [6.45, 7) is 2.08. The molecule has 2 N–H and O–H groups in total. The van der Waals surface area contributed by atoms with E-state index in [9.17, 15) is 18.0 Å². The lowest BCUT2D eigenvalue weighted by Crippen LogP contribution is -2.24. The predicted octanol–water partition coefficient (Wildman–Crippen LogP) is 4.75. The van der Waals surface area contributed by atoms with Gasteiger partial charge in [0.05, 0.1) is 23.3 Å². The molecule has 1 aliphatic carbocycles. The number of rotatable bonds is 7. The van der Waals surface area contributed by atoms with E-state index in [1.54, 1.807) is 24.3 Å². The number of fused-ring (bicyclic) bond motifs is 1. The van der Waals surface area contributed by atoms with Crippen LogP contribution in [-0.2, 0) is 29.2 Å². The highest BCUT2D eigenvalue weighted by Gasteiger charge is 2.29. The summed E-state index contributed by atoms with van der Waals surface area (Å²) in [6.07, 6.45) is 4.08. The van der Waals surface area contributed by atoms with E-state index in [0.717, 1.165) is 35.3 Å². The van der Waals surface area contributed by atoms with Crippen LogP contribution in [0.15, 0.2) is 73.6 Å². The first kappa shape index (κ1) is 23.1. The Bertz CT molecular complexity index is 1500. The Morgan fingerprint density at radius 2 is 1.83 bits per heavy atom. The fourth-order valence-corrected chi connectivity index (χ4v) is 6.44. The fourth-order valence-electron chi connectivity index (χ4n) is 3.99. The molecule has 3 heterocycles. The molecule has 0 bridgehead atoms. The van der Waals surface area contributed by atoms with Gasteiger partial charge < -0.3 is 19.5 Å². The predicted molar refractivity (Wildman–Crippen MR) is 130 cm³/mol. The van der Waals surface area contributed by atoms with Crippen LogP contribution in [0.1, 0.15) is 49.1 Å². The smallest absolute Gasteiger partial charge is 0.292 e. The third kappa shape index (κ3) is 4.54. The Kier molecular flexibility index (Phi) is 6.08. The highest BCUT2D eigenvalue weighted by atomic mass is 32.2. The van der Waals surface area contributed by atoms with Crippen molar-refractivity contribution in [3.05, 3.63) is 87.9 Å². The second-order valence-electron chi connectivity index (χ2n) is 8.21. The summed E-state index contributed by atoms with van der Waals surface area (Å²) in [5.74, 6) is -0.478. The molecule has 0 unspecified atom stereocenters. The lowest BCUT2D eigenvalue weighted by molar-refractivity contribution is 0.0948. The SMILES string of the molecule is Cc1ccc(S(=O)(=O)c2ccc(C(=O)Nc3sc4c(c3C(=O)NCc3ccco3)CCC4)o2)cc1. The molecule has 3 aromatic heterocycles. The molecule has 35 heavy (non-hydrogen) atoms. The highest BCUT2D eigenvalue weighted by Crippen LogP contribution is 2.39. The van der Waals surface area contributed by atoms with Gasteiger partial charge in [-0.3, -0.25) is 9.59 Å². The van der Waals surface area contributed by atoms with E-state index in [2.05, 4.69) is 10.6 Å². The van der Waals surface area contributed by atoms with Gasteiger partial charge in [0.15, 0.2) is 5.76 Å². The molecule has 5 rings (SSSR count). The second-order valence-corrected chi connectivity index (χ2v) is 11.2. The van der Waals surface area contributed by atoms with Gasteiger partial charge in [0.1, 0.15) is 10.8 Å². The van der Waals surface area contributed by atoms with Crippen LogP contribution in [0.3, 0.4) is 0 Å². The summed E-state index contributed by atoms with van der Waals surface area (Å²) in [6, 6.07) is 12.5. The molecule has 1 aromatic carbocycles. The van der Waals surface area contributed by atoms with Gasteiger partial charge in [0.25, 0.3) is 11.8 Å². The zero-order valence-electron chi connectivity index (χ0n) is 18.8. The molecule has 0 saturated heterocycles. The first-order valence-corrected chi connectivity index (χ1v) is 13.3. The zero-order valence-corrected chi connectivity index (χ0v) is 20.4. The van der Waals surface area contributed by atoms with Crippen LogP contribution in [0.4, 0.5) is 5.00 Å². The number of thiophene rings is 1. The first-order chi connectivity index (χ1) is 16.8. The molecule has 2 amide bonds. The van der Waals surface area contributed by atoms with Crippen molar-refractivity contribution in [3.8, 4) is 0 Å². The maximum absolute atomic E-state index is 13.0. The number of hydrogen-bond acceptors (Lipinski definition) is 7. The number of nitrogens with one attached hydrogen (secondary N) is 2. The van der Waals surface area contributed by atoms with Crippen molar-refractivity contribution < 1.29 is 26.8 Å². The minimum Gasteiger partial charge on any atom is -0.467 e. The summed E-state index contributed by atoms with van der Waals surface area (Å²) in [5, 5.41) is 5.68. The maximum Gasteiger partial charge on any atom is 0.292 e. The quantitative estimate of drug-likeness (QED) is 0.371. The number of carbonyl (C=O) groups excluding carboxylic acids is 2. The normalized spacial score (nSPS) is 12.9. The van der Waals surface area contributed by atoms with Crippen LogP contribution in [0.25, 0.3) is 0 Å². The number of aryl methyl sites for hydroxylation is 2. The number of furan rings is 2. The van der Waals surface area contributed by atoms with Crippen molar-refractivity contribution in [2.75, 3.05) is 5.32 Å². The Balaban J connectivity index is 1.36. The molecule has 8 nitrogen and oxygen atoms in total. The van der Waals surface area contributed by atoms with E-state index >= 15 is 0 Å². The average molecular weight is 511 g/mol. The summed E-state index contributed by atoms with van der Waals surface area (Å²) in [4.78, 5) is 27.1. The van der Waals surface area contributed by atoms with Gasteiger partial charge >= 0.3 is 0 Å². The van der Waals surface area contributed by atoms with Gasteiger partial charge in [-0.1, -0.05) is 17.7 Å². The van der Waals surface area contributed by atoms with E-state index in [1.807, 2.05) is 6.92 Å². The topological polar surface area (TPSA) is 119 Å². The standard InChI is InChI=1S/C25H22N2O6S2/c1-15-7-9-17(10-8-15)35(30,31)21-12-11-19(33-21)23(28)27-25-22(18-5-2-6-20(18)34-25)24(29)26-14-16-4-3-13-32-16/h3-4,7-13H,2,5-6,14H2,1H3,(H,26,29)(H,27,28). The van der Waals surface area contributed by atoms with E-state index in [1.165, 1.54) is 41.9 Å². The highest BCUT2D eigenvalue weighted by molar-refractivity contribution is 7.91. The van der Waals surface area contributed by atoms with Crippen molar-refractivity contribution in [1.82, 2.24) is 5.32 Å². The Hall–Kier alpha value is -3.63. The molecule has 10 heteroatoms. The molecule has 180 valence electrons. The molecule has 0 spiro atoms. The van der Waals surface area contributed by atoms with Gasteiger partial charge in [-0.25, -0.2) is 8.42 Å². The van der Waals surface area contributed by atoms with Crippen LogP contribution in [0.2, 0.25) is 0 Å². The van der Waals surface area contributed by atoms with Crippen LogP contribution in [0, 0.1) is 6.92 Å². The van der Waals surface area contributed by atoms with Gasteiger partial charge in [0, 0.05) is 4.88 Å². The largest absolute Gasteiger partial charge is 0.467 e. The maximum atomic E-state index is 13.0. The number of hydrogen-bond donors (Lipinski definition) is 2. The van der Waals surface area contributed by atoms with Gasteiger partial charge in [-0.15, -0.1) is 11.3 Å². The minimum absolute atomic E-state index is 0.0783. The lowest BCUT2D eigenvalue weighted by atomic mass is 10.1. The molecule has 0 fully saturated rings. The molecule has 0 radical (unpaired) electrons. The van der Waals surface area contributed by atoms with Crippen LogP contribution >= 0.6 is 11.3 Å². The van der Waals surface area contributed by atoms with Crippen molar-refractivity contribution in [2.24, 2.45) is 0 Å². The van der Waals surface area contributed by atoms with Crippen molar-refractivity contribution >= 4 is 38.0 Å². The van der Waals surface area contributed by atoms with E-state index in [4.69, 9.17) is 8.83 Å². The Morgan fingerprint density at radius 1 is 1.03 bits per heavy atom. The van der Waals surface area contributed by atoms with Gasteiger partial charge in [-0.2, -0.15) is 0 Å². The third-order valence-corrected chi connectivity index (χ3v) is 8.63. The number of sulfone groups is 1. The van der Waals surface area contributed by atoms with Crippen molar-refractivity contribution in [3.63, 3.8) is 0 Å². The van der Waals surface area contributed by atoms with Crippen molar-refractivity contribution in [2.45, 2.75) is 42.7 Å². The summed E-state index contributed by atoms with van der Waals surface area (Å²) < 4.78 is 36.4. The minimum atomic E-state index is -3.91. The second kappa shape index (κ2) is 9.20. The molecule has 0 atom stereocenters. The third-order valence-electron chi connectivity index (χ3n) is 5.78. The molecular weight excluding hydrogens is 488 g/mol. The van der Waals surface area contributed by atoms with Crippen LogP contribution in [0.5, 0.6) is 0 Å².